The lowest BCUT2D eigenvalue weighted by Gasteiger charge is -2.40. The number of piperazine rings is 1. The third kappa shape index (κ3) is 2.37. The van der Waals surface area contributed by atoms with Gasteiger partial charge in [0.25, 0.3) is 0 Å². The number of nitrogens with zero attached hydrogens (tertiary/aromatic N) is 1. The summed E-state index contributed by atoms with van der Waals surface area (Å²) in [4.78, 5) is 26.4. The van der Waals surface area contributed by atoms with Crippen LogP contribution < -0.4 is 5.32 Å². The molecular weight excluding hydrogens is 240 g/mol. The molecule has 1 aliphatic heterocycles. The van der Waals surface area contributed by atoms with Crippen LogP contribution in [-0.2, 0) is 9.59 Å². The maximum atomic E-state index is 12.7. The number of hydrogen-bond donors (Lipinski definition) is 1. The van der Waals surface area contributed by atoms with E-state index in [1.165, 1.54) is 19.3 Å². The standard InChI is InChI=1S/C15H24N2O2/c1-11-4-5-12(8-11)9-17-10-13(18)16-15(14(17)19)6-2-3-7-15/h11-12H,2-10H2,1H3,(H,16,18). The summed E-state index contributed by atoms with van der Waals surface area (Å²) in [6.45, 7) is 3.34. The van der Waals surface area contributed by atoms with E-state index in [9.17, 15) is 9.59 Å². The SMILES string of the molecule is CC1CCC(CN2CC(=O)NC3(CCCC3)C2=O)C1. The highest BCUT2D eigenvalue weighted by molar-refractivity contribution is 5.98. The van der Waals surface area contributed by atoms with E-state index in [2.05, 4.69) is 12.2 Å². The largest absolute Gasteiger partial charge is 0.340 e. The number of rotatable bonds is 2. The minimum absolute atomic E-state index is 0.0348. The molecule has 3 rings (SSSR count). The van der Waals surface area contributed by atoms with Crippen molar-refractivity contribution >= 4 is 11.8 Å². The van der Waals surface area contributed by atoms with Crippen molar-refractivity contribution in [2.24, 2.45) is 11.8 Å². The fourth-order valence-corrected chi connectivity index (χ4v) is 4.18. The van der Waals surface area contributed by atoms with Crippen LogP contribution in [-0.4, -0.2) is 35.3 Å². The van der Waals surface area contributed by atoms with Crippen molar-refractivity contribution < 1.29 is 9.59 Å². The first kappa shape index (κ1) is 12.9. The molecule has 0 radical (unpaired) electrons. The highest BCUT2D eigenvalue weighted by atomic mass is 16.2. The van der Waals surface area contributed by atoms with Crippen LogP contribution in [0.15, 0.2) is 0 Å². The van der Waals surface area contributed by atoms with E-state index in [1.54, 1.807) is 0 Å². The quantitative estimate of drug-likeness (QED) is 0.825. The number of hydrogen-bond acceptors (Lipinski definition) is 2. The van der Waals surface area contributed by atoms with Gasteiger partial charge in [-0.15, -0.1) is 0 Å². The van der Waals surface area contributed by atoms with E-state index in [0.717, 1.165) is 38.1 Å². The molecule has 0 aromatic rings. The molecule has 106 valence electrons. The van der Waals surface area contributed by atoms with Crippen LogP contribution in [0.25, 0.3) is 0 Å². The summed E-state index contributed by atoms with van der Waals surface area (Å²) in [5.74, 6) is 1.60. The molecule has 1 spiro atoms. The average molecular weight is 264 g/mol. The second-order valence-corrected chi connectivity index (χ2v) is 6.81. The Morgan fingerprint density at radius 3 is 2.63 bits per heavy atom. The van der Waals surface area contributed by atoms with Gasteiger partial charge in [-0.3, -0.25) is 9.59 Å². The van der Waals surface area contributed by atoms with E-state index in [0.29, 0.717) is 5.92 Å². The number of carbonyl (C=O) groups is 2. The Morgan fingerprint density at radius 2 is 2.00 bits per heavy atom. The zero-order valence-corrected chi connectivity index (χ0v) is 11.8. The first-order valence-electron chi connectivity index (χ1n) is 7.69. The minimum atomic E-state index is -0.542. The van der Waals surface area contributed by atoms with Gasteiger partial charge in [-0.1, -0.05) is 26.2 Å². The van der Waals surface area contributed by atoms with Crippen molar-refractivity contribution in [1.29, 1.82) is 0 Å². The fraction of sp³-hybridized carbons (Fsp3) is 0.867. The monoisotopic (exact) mass is 264 g/mol. The Morgan fingerprint density at radius 1 is 1.26 bits per heavy atom. The van der Waals surface area contributed by atoms with Crippen molar-refractivity contribution in [2.45, 2.75) is 57.4 Å². The molecule has 2 amide bonds. The van der Waals surface area contributed by atoms with Crippen LogP contribution in [0, 0.1) is 11.8 Å². The minimum Gasteiger partial charge on any atom is -0.340 e. The summed E-state index contributed by atoms with van der Waals surface area (Å²) in [6, 6.07) is 0. The Hall–Kier alpha value is -1.06. The van der Waals surface area contributed by atoms with Crippen LogP contribution in [0.4, 0.5) is 0 Å². The van der Waals surface area contributed by atoms with E-state index in [4.69, 9.17) is 0 Å². The summed E-state index contributed by atoms with van der Waals surface area (Å²) in [7, 11) is 0. The summed E-state index contributed by atoms with van der Waals surface area (Å²) < 4.78 is 0. The molecular formula is C15H24N2O2. The summed E-state index contributed by atoms with van der Waals surface area (Å²) >= 11 is 0. The predicted octanol–water partition coefficient (Wildman–Crippen LogP) is 1.69. The highest BCUT2D eigenvalue weighted by Gasteiger charge is 2.48. The van der Waals surface area contributed by atoms with Crippen LogP contribution in [0.1, 0.15) is 51.9 Å². The van der Waals surface area contributed by atoms with E-state index < -0.39 is 5.54 Å². The summed E-state index contributed by atoms with van der Waals surface area (Å²) in [5.41, 5.74) is -0.542. The molecule has 2 saturated carbocycles. The lowest BCUT2D eigenvalue weighted by atomic mass is 9.92. The maximum Gasteiger partial charge on any atom is 0.248 e. The molecule has 1 N–H and O–H groups in total. The van der Waals surface area contributed by atoms with Crippen molar-refractivity contribution in [3.8, 4) is 0 Å². The van der Waals surface area contributed by atoms with E-state index in [1.807, 2.05) is 4.90 Å². The topological polar surface area (TPSA) is 49.4 Å². The Balaban J connectivity index is 1.70. The average Bonchev–Trinajstić information content (AvgIpc) is 2.96. The highest BCUT2D eigenvalue weighted by Crippen LogP contribution is 2.35. The smallest absolute Gasteiger partial charge is 0.248 e. The molecule has 0 aromatic carbocycles. The van der Waals surface area contributed by atoms with Gasteiger partial charge in [0.1, 0.15) is 5.54 Å². The first-order valence-corrected chi connectivity index (χ1v) is 7.69. The maximum absolute atomic E-state index is 12.7. The van der Waals surface area contributed by atoms with Gasteiger partial charge in [0.2, 0.25) is 11.8 Å². The van der Waals surface area contributed by atoms with Crippen molar-refractivity contribution in [3.05, 3.63) is 0 Å². The molecule has 3 aliphatic rings. The molecule has 3 fully saturated rings. The van der Waals surface area contributed by atoms with Gasteiger partial charge < -0.3 is 10.2 Å². The van der Waals surface area contributed by atoms with Gasteiger partial charge in [0.15, 0.2) is 0 Å². The fourth-order valence-electron chi connectivity index (χ4n) is 4.18. The van der Waals surface area contributed by atoms with E-state index >= 15 is 0 Å². The van der Waals surface area contributed by atoms with Crippen LogP contribution in [0.5, 0.6) is 0 Å². The molecule has 0 aromatic heterocycles. The second kappa shape index (κ2) is 4.80. The molecule has 4 nitrogen and oxygen atoms in total. The van der Waals surface area contributed by atoms with Gasteiger partial charge in [0.05, 0.1) is 6.54 Å². The van der Waals surface area contributed by atoms with Gasteiger partial charge in [0, 0.05) is 6.54 Å². The zero-order valence-electron chi connectivity index (χ0n) is 11.8. The van der Waals surface area contributed by atoms with Gasteiger partial charge in [-0.05, 0) is 37.5 Å². The lowest BCUT2D eigenvalue weighted by Crippen LogP contribution is -2.65. The van der Waals surface area contributed by atoms with Crippen LogP contribution >= 0.6 is 0 Å². The Bertz CT molecular complexity index is 388. The Labute approximate surface area is 114 Å². The van der Waals surface area contributed by atoms with Crippen molar-refractivity contribution in [3.63, 3.8) is 0 Å². The summed E-state index contributed by atoms with van der Waals surface area (Å²) in [6.07, 6.45) is 7.45. The normalized spacial score (nSPS) is 34.1. The molecule has 1 saturated heterocycles. The number of carbonyl (C=O) groups excluding carboxylic acids is 2. The predicted molar refractivity (Wildman–Crippen MR) is 72.4 cm³/mol. The third-order valence-electron chi connectivity index (χ3n) is 5.15. The van der Waals surface area contributed by atoms with Crippen LogP contribution in [0.2, 0.25) is 0 Å². The third-order valence-corrected chi connectivity index (χ3v) is 5.15. The molecule has 2 atom stereocenters. The second-order valence-electron chi connectivity index (χ2n) is 6.81. The molecule has 19 heavy (non-hydrogen) atoms. The lowest BCUT2D eigenvalue weighted by molar-refractivity contribution is -0.150. The van der Waals surface area contributed by atoms with Crippen LogP contribution in [0.3, 0.4) is 0 Å². The number of amides is 2. The van der Waals surface area contributed by atoms with Crippen molar-refractivity contribution in [2.75, 3.05) is 13.1 Å². The van der Waals surface area contributed by atoms with Gasteiger partial charge in [-0.25, -0.2) is 0 Å². The first-order chi connectivity index (χ1) is 9.09. The summed E-state index contributed by atoms with van der Waals surface area (Å²) in [5, 5.41) is 2.98. The van der Waals surface area contributed by atoms with Crippen molar-refractivity contribution in [1.82, 2.24) is 10.2 Å². The zero-order chi connectivity index (χ0) is 13.5. The van der Waals surface area contributed by atoms with Gasteiger partial charge in [-0.2, -0.15) is 0 Å². The molecule has 2 aliphatic carbocycles. The van der Waals surface area contributed by atoms with Gasteiger partial charge >= 0.3 is 0 Å². The Kier molecular flexibility index (Phi) is 3.27. The number of nitrogens with one attached hydrogen (secondary N) is 1. The molecule has 1 heterocycles. The molecule has 2 unspecified atom stereocenters. The molecule has 0 bridgehead atoms. The molecule has 4 heteroatoms. The van der Waals surface area contributed by atoms with E-state index in [-0.39, 0.29) is 18.4 Å².